The van der Waals surface area contributed by atoms with Gasteiger partial charge in [0.2, 0.25) is 0 Å². The van der Waals surface area contributed by atoms with Gasteiger partial charge in [0.1, 0.15) is 17.5 Å². The summed E-state index contributed by atoms with van der Waals surface area (Å²) in [5.74, 6) is -0.272. The Kier molecular flexibility index (Phi) is 9.15. The van der Waals surface area contributed by atoms with Crippen LogP contribution in [0, 0.1) is 11.3 Å². The van der Waals surface area contributed by atoms with Gasteiger partial charge < -0.3 is 24.3 Å². The average molecular weight is 541 g/mol. The largest absolute Gasteiger partial charge is 0.490 e. The number of nitrogens with one attached hydrogen (secondary N) is 1. The Labute approximate surface area is 233 Å². The van der Waals surface area contributed by atoms with Crippen LogP contribution in [0.1, 0.15) is 59.0 Å². The predicted octanol–water partition coefficient (Wildman–Crippen LogP) is 4.56. The number of hydrogen-bond donors (Lipinski definition) is 2. The molecule has 4 rings (SSSR count). The number of nitriles is 1. The molecule has 2 aromatic carbocycles. The van der Waals surface area contributed by atoms with Crippen LogP contribution in [0.3, 0.4) is 0 Å². The van der Waals surface area contributed by atoms with Crippen LogP contribution < -0.4 is 10.1 Å². The molecule has 9 nitrogen and oxygen atoms in total. The van der Waals surface area contributed by atoms with E-state index in [-0.39, 0.29) is 30.6 Å². The number of nitrogens with zero attached hydrogens (tertiary/aromatic N) is 3. The van der Waals surface area contributed by atoms with Gasteiger partial charge in [-0.15, -0.1) is 0 Å². The highest BCUT2D eigenvalue weighted by Crippen LogP contribution is 2.23. The number of aliphatic hydroxyl groups is 1. The van der Waals surface area contributed by atoms with Crippen LogP contribution in [-0.4, -0.2) is 51.7 Å². The number of ether oxygens (including phenoxy) is 2. The molecule has 0 aliphatic carbocycles. The van der Waals surface area contributed by atoms with Crippen LogP contribution in [0.2, 0.25) is 0 Å². The zero-order valence-corrected chi connectivity index (χ0v) is 22.8. The van der Waals surface area contributed by atoms with E-state index in [0.29, 0.717) is 47.5 Å². The highest BCUT2D eigenvalue weighted by Gasteiger charge is 2.17. The number of aromatic nitrogens is 2. The van der Waals surface area contributed by atoms with Crippen molar-refractivity contribution in [2.24, 2.45) is 0 Å². The molecule has 0 aliphatic heterocycles. The summed E-state index contributed by atoms with van der Waals surface area (Å²) in [5.41, 5.74) is 4.37. The summed E-state index contributed by atoms with van der Waals surface area (Å²) in [6, 6.07) is 17.8. The number of pyridine rings is 1. The second-order valence-corrected chi connectivity index (χ2v) is 9.60. The third kappa shape index (κ3) is 6.84. The molecular weight excluding hydrogens is 508 g/mol. The zero-order chi connectivity index (χ0) is 28.6. The highest BCUT2D eigenvalue weighted by molar-refractivity contribution is 5.95. The number of carbonyl (C=O) groups excluding carboxylic acids is 2. The molecule has 0 bridgehead atoms. The summed E-state index contributed by atoms with van der Waals surface area (Å²) in [6.45, 7) is 5.73. The molecule has 2 N–H and O–H groups in total. The molecule has 0 aliphatic rings. The zero-order valence-electron chi connectivity index (χ0n) is 22.8. The molecule has 9 heteroatoms. The van der Waals surface area contributed by atoms with E-state index in [2.05, 4.69) is 16.4 Å². The van der Waals surface area contributed by atoms with Crippen LogP contribution in [-0.2, 0) is 11.2 Å². The van der Waals surface area contributed by atoms with Gasteiger partial charge in [0.15, 0.2) is 0 Å². The summed E-state index contributed by atoms with van der Waals surface area (Å²) < 4.78 is 12.6. The second kappa shape index (κ2) is 12.9. The number of benzene rings is 2. The van der Waals surface area contributed by atoms with Crippen LogP contribution in [0.5, 0.6) is 5.75 Å². The summed E-state index contributed by atoms with van der Waals surface area (Å²) >= 11 is 0. The standard InChI is InChI=1S/C31H32N4O5/c1-4-39-31(38)24-11-13-35-19-27(34-29(35)17-24)22-7-5-21(6-8-22)15-26(12-14-36)33-30(37)23-9-10-28(40-20(2)3)25(16-23)18-32/h5-11,13,16-17,19-20,26,36H,4,12,14-15H2,1-3H3,(H,33,37)/t26-/m1/s1. The first-order chi connectivity index (χ1) is 19.3. The molecule has 0 saturated heterocycles. The lowest BCUT2D eigenvalue weighted by atomic mass is 10.0. The van der Waals surface area contributed by atoms with E-state index in [0.717, 1.165) is 16.8 Å². The summed E-state index contributed by atoms with van der Waals surface area (Å²) in [7, 11) is 0. The summed E-state index contributed by atoms with van der Waals surface area (Å²) in [6.07, 6.45) is 4.46. The number of carbonyl (C=O) groups is 2. The van der Waals surface area contributed by atoms with Gasteiger partial charge in [0, 0.05) is 36.2 Å². The Bertz CT molecular complexity index is 1540. The fourth-order valence-electron chi connectivity index (χ4n) is 4.32. The fourth-order valence-corrected chi connectivity index (χ4v) is 4.32. The van der Waals surface area contributed by atoms with Gasteiger partial charge in [0.05, 0.1) is 29.5 Å². The fraction of sp³-hybridized carbons (Fsp3) is 0.290. The van der Waals surface area contributed by atoms with Crippen LogP contribution >= 0.6 is 0 Å². The second-order valence-electron chi connectivity index (χ2n) is 9.60. The van der Waals surface area contributed by atoms with Crippen molar-refractivity contribution in [3.05, 3.63) is 89.2 Å². The average Bonchev–Trinajstić information content (AvgIpc) is 3.37. The van der Waals surface area contributed by atoms with E-state index < -0.39 is 0 Å². The SMILES string of the molecule is CCOC(=O)c1ccn2cc(-c3ccc(C[C@@H](CCO)NC(=O)c4ccc(OC(C)C)c(C#N)c4)cc3)nc2c1. The van der Waals surface area contributed by atoms with E-state index in [1.165, 1.54) is 6.07 Å². The molecule has 0 radical (unpaired) electrons. The Morgan fingerprint density at radius 1 is 1.10 bits per heavy atom. The van der Waals surface area contributed by atoms with E-state index in [1.54, 1.807) is 37.4 Å². The highest BCUT2D eigenvalue weighted by atomic mass is 16.5. The van der Waals surface area contributed by atoms with Crippen molar-refractivity contribution in [3.8, 4) is 23.1 Å². The van der Waals surface area contributed by atoms with Gasteiger partial charge in [0.25, 0.3) is 5.91 Å². The smallest absolute Gasteiger partial charge is 0.338 e. The van der Waals surface area contributed by atoms with Gasteiger partial charge in [-0.1, -0.05) is 24.3 Å². The first-order valence-electron chi connectivity index (χ1n) is 13.2. The number of rotatable bonds is 11. The van der Waals surface area contributed by atoms with Crippen molar-refractivity contribution < 1.29 is 24.2 Å². The van der Waals surface area contributed by atoms with Crippen LogP contribution in [0.15, 0.2) is 67.0 Å². The number of hydrogen-bond acceptors (Lipinski definition) is 7. The monoisotopic (exact) mass is 540 g/mol. The van der Waals surface area contributed by atoms with Gasteiger partial charge >= 0.3 is 5.97 Å². The first-order valence-corrected chi connectivity index (χ1v) is 13.2. The van der Waals surface area contributed by atoms with Crippen molar-refractivity contribution in [3.63, 3.8) is 0 Å². The number of amides is 1. The Balaban J connectivity index is 1.45. The number of imidazole rings is 1. The van der Waals surface area contributed by atoms with Gasteiger partial charge in [-0.25, -0.2) is 9.78 Å². The van der Waals surface area contributed by atoms with Crippen molar-refractivity contribution in [1.29, 1.82) is 5.26 Å². The molecule has 1 atom stereocenters. The van der Waals surface area contributed by atoms with Crippen molar-refractivity contribution >= 4 is 17.5 Å². The molecule has 2 heterocycles. The third-order valence-electron chi connectivity index (χ3n) is 6.24. The predicted molar refractivity (Wildman–Crippen MR) is 150 cm³/mol. The molecule has 2 aromatic heterocycles. The molecule has 0 saturated carbocycles. The summed E-state index contributed by atoms with van der Waals surface area (Å²) in [4.78, 5) is 29.7. The third-order valence-corrected chi connectivity index (χ3v) is 6.24. The molecule has 0 unspecified atom stereocenters. The minimum Gasteiger partial charge on any atom is -0.490 e. The van der Waals surface area contributed by atoms with Crippen LogP contribution in [0.25, 0.3) is 16.9 Å². The van der Waals surface area contributed by atoms with E-state index in [4.69, 9.17) is 9.47 Å². The van der Waals surface area contributed by atoms with Gasteiger partial charge in [-0.05, 0) is 69.5 Å². The van der Waals surface area contributed by atoms with Crippen molar-refractivity contribution in [2.75, 3.05) is 13.2 Å². The molecule has 40 heavy (non-hydrogen) atoms. The van der Waals surface area contributed by atoms with Crippen molar-refractivity contribution in [1.82, 2.24) is 14.7 Å². The molecule has 0 fully saturated rings. The number of aliphatic hydroxyl groups excluding tert-OH is 1. The normalized spacial score (nSPS) is 11.7. The topological polar surface area (TPSA) is 126 Å². The van der Waals surface area contributed by atoms with E-state index in [1.807, 2.05) is 48.7 Å². The maximum atomic E-state index is 13.0. The lowest BCUT2D eigenvalue weighted by Crippen LogP contribution is -2.37. The maximum Gasteiger partial charge on any atom is 0.338 e. The van der Waals surface area contributed by atoms with Gasteiger partial charge in [-0.3, -0.25) is 4.79 Å². The lowest BCUT2D eigenvalue weighted by molar-refractivity contribution is 0.0526. The molecule has 0 spiro atoms. The van der Waals surface area contributed by atoms with E-state index in [9.17, 15) is 20.0 Å². The van der Waals surface area contributed by atoms with Crippen molar-refractivity contribution in [2.45, 2.75) is 45.8 Å². The Morgan fingerprint density at radius 2 is 1.88 bits per heavy atom. The number of fused-ring (bicyclic) bond motifs is 1. The maximum absolute atomic E-state index is 13.0. The molecule has 206 valence electrons. The molecule has 1 amide bonds. The first kappa shape index (κ1) is 28.3. The Hall–Kier alpha value is -4.68. The van der Waals surface area contributed by atoms with E-state index >= 15 is 0 Å². The minimum absolute atomic E-state index is 0.0807. The van der Waals surface area contributed by atoms with Crippen LogP contribution in [0.4, 0.5) is 0 Å². The lowest BCUT2D eigenvalue weighted by Gasteiger charge is -2.19. The summed E-state index contributed by atoms with van der Waals surface area (Å²) in [5, 5.41) is 22.1. The Morgan fingerprint density at radius 3 is 2.55 bits per heavy atom. The van der Waals surface area contributed by atoms with Gasteiger partial charge in [-0.2, -0.15) is 5.26 Å². The number of esters is 1. The molecular formula is C31H32N4O5. The molecule has 4 aromatic rings. The quantitative estimate of drug-likeness (QED) is 0.267. The minimum atomic E-state index is -0.383.